The Labute approximate surface area is 201 Å². The van der Waals surface area contributed by atoms with E-state index in [1.807, 2.05) is 0 Å². The second-order valence-electron chi connectivity index (χ2n) is 7.47. The lowest BCUT2D eigenvalue weighted by molar-refractivity contribution is -0.138. The number of hydrogen-bond donors (Lipinski definition) is 4. The fourth-order valence-corrected chi connectivity index (χ4v) is 3.48. The minimum atomic E-state index is -4.67. The van der Waals surface area contributed by atoms with Crippen LogP contribution in [-0.4, -0.2) is 26.8 Å². The van der Waals surface area contributed by atoms with Gasteiger partial charge in [0.25, 0.3) is 5.56 Å². The largest absolute Gasteiger partial charge is 0.505 e. The van der Waals surface area contributed by atoms with Gasteiger partial charge in [-0.25, -0.2) is 4.79 Å². The second-order valence-corrected chi connectivity index (χ2v) is 7.88. The number of hydrogen-bond acceptors (Lipinski definition) is 4. The second kappa shape index (κ2) is 10.5. The number of rotatable bonds is 7. The lowest BCUT2D eigenvalue weighted by Crippen LogP contribution is -2.36. The minimum absolute atomic E-state index is 0.0287. The van der Waals surface area contributed by atoms with E-state index in [9.17, 15) is 32.7 Å². The summed E-state index contributed by atoms with van der Waals surface area (Å²) >= 11 is 6.12. The maximum Gasteiger partial charge on any atom is 0.416 e. The zero-order valence-electron chi connectivity index (χ0n) is 17.8. The van der Waals surface area contributed by atoms with Crippen LogP contribution in [0.1, 0.15) is 29.2 Å². The number of pyridine rings is 1. The van der Waals surface area contributed by atoms with E-state index >= 15 is 0 Å². The molecule has 0 radical (unpaired) electrons. The number of nitrogens with one attached hydrogen (secondary N) is 2. The van der Waals surface area contributed by atoms with E-state index in [-0.39, 0.29) is 12.1 Å². The Hall–Kier alpha value is -3.99. The molecule has 4 N–H and O–H groups in total. The fraction of sp³-hybridized carbons (Fsp3) is 0.174. The standard InChI is InChI=1S/C23H19ClF3N3O5/c24-16-7-2-1-4-14(16)12-30-9-8-18(31)20(21(30)34)29-22(35)28-17(11-19(32)33)13-5-3-6-15(10-13)23(25,26)27/h1-10,17,31H,11-12H2,(H,32,33)(H2,28,29,35). The van der Waals surface area contributed by atoms with Gasteiger partial charge < -0.3 is 25.4 Å². The van der Waals surface area contributed by atoms with E-state index in [1.165, 1.54) is 16.8 Å². The third-order valence-electron chi connectivity index (χ3n) is 4.98. The van der Waals surface area contributed by atoms with Crippen LogP contribution in [0.5, 0.6) is 5.75 Å². The number of aliphatic carboxylic acids is 1. The van der Waals surface area contributed by atoms with Crippen molar-refractivity contribution in [2.45, 2.75) is 25.2 Å². The molecule has 12 heteroatoms. The third kappa shape index (κ3) is 6.54. The van der Waals surface area contributed by atoms with Crippen molar-refractivity contribution in [3.05, 3.63) is 92.9 Å². The number of aromatic hydroxyl groups is 1. The van der Waals surface area contributed by atoms with Gasteiger partial charge in [0.15, 0.2) is 5.69 Å². The Morgan fingerprint density at radius 1 is 1.09 bits per heavy atom. The number of carboxylic acids is 1. The minimum Gasteiger partial charge on any atom is -0.505 e. The average Bonchev–Trinajstić information content (AvgIpc) is 2.78. The van der Waals surface area contributed by atoms with E-state index in [4.69, 9.17) is 16.7 Å². The number of alkyl halides is 3. The summed E-state index contributed by atoms with van der Waals surface area (Å²) < 4.78 is 40.4. The first-order valence-corrected chi connectivity index (χ1v) is 10.5. The summed E-state index contributed by atoms with van der Waals surface area (Å²) in [5.74, 6) is -1.94. The molecule has 8 nitrogen and oxygen atoms in total. The van der Waals surface area contributed by atoms with Gasteiger partial charge in [-0.1, -0.05) is 41.9 Å². The third-order valence-corrected chi connectivity index (χ3v) is 5.35. The molecule has 2 aromatic carbocycles. The summed E-state index contributed by atoms with van der Waals surface area (Å²) in [6.07, 6.45) is -4.11. The van der Waals surface area contributed by atoms with E-state index < -0.39 is 53.2 Å². The Bertz CT molecular complexity index is 1310. The molecule has 0 saturated carbocycles. The quantitative estimate of drug-likeness (QED) is 0.370. The van der Waals surface area contributed by atoms with Gasteiger partial charge >= 0.3 is 18.2 Å². The molecule has 184 valence electrons. The smallest absolute Gasteiger partial charge is 0.416 e. The van der Waals surface area contributed by atoms with E-state index in [0.717, 1.165) is 24.3 Å². The summed E-state index contributed by atoms with van der Waals surface area (Å²) in [4.78, 5) is 36.7. The highest BCUT2D eigenvalue weighted by atomic mass is 35.5. The van der Waals surface area contributed by atoms with E-state index in [0.29, 0.717) is 10.6 Å². The lowest BCUT2D eigenvalue weighted by Gasteiger charge is -2.19. The van der Waals surface area contributed by atoms with Gasteiger partial charge in [0, 0.05) is 11.2 Å². The Kier molecular flexibility index (Phi) is 7.70. The van der Waals surface area contributed by atoms with Gasteiger partial charge in [-0.05, 0) is 35.4 Å². The predicted octanol–water partition coefficient (Wildman–Crippen LogP) is 4.61. The maximum atomic E-state index is 13.1. The van der Waals surface area contributed by atoms with Crippen LogP contribution in [0.3, 0.4) is 0 Å². The van der Waals surface area contributed by atoms with Crippen LogP contribution in [0.15, 0.2) is 65.6 Å². The van der Waals surface area contributed by atoms with Gasteiger partial charge in [0.05, 0.1) is 24.6 Å². The molecular weight excluding hydrogens is 491 g/mol. The Morgan fingerprint density at radius 3 is 2.46 bits per heavy atom. The van der Waals surface area contributed by atoms with Crippen molar-refractivity contribution in [1.82, 2.24) is 9.88 Å². The maximum absolute atomic E-state index is 13.1. The van der Waals surface area contributed by atoms with Crippen LogP contribution in [0.2, 0.25) is 5.02 Å². The van der Waals surface area contributed by atoms with Crippen molar-refractivity contribution in [3.8, 4) is 5.75 Å². The van der Waals surface area contributed by atoms with Gasteiger partial charge in [-0.3, -0.25) is 9.59 Å². The molecule has 0 aliphatic carbocycles. The van der Waals surface area contributed by atoms with Crippen molar-refractivity contribution in [1.29, 1.82) is 0 Å². The number of carbonyl (C=O) groups excluding carboxylic acids is 1. The van der Waals surface area contributed by atoms with Gasteiger partial charge in [-0.15, -0.1) is 0 Å². The molecule has 1 unspecified atom stereocenters. The predicted molar refractivity (Wildman–Crippen MR) is 122 cm³/mol. The summed E-state index contributed by atoms with van der Waals surface area (Å²) in [5, 5.41) is 24.1. The van der Waals surface area contributed by atoms with Crippen LogP contribution in [0.25, 0.3) is 0 Å². The highest BCUT2D eigenvalue weighted by molar-refractivity contribution is 6.31. The molecule has 3 rings (SSSR count). The number of carboxylic acid groups (broad SMARTS) is 1. The SMILES string of the molecule is O=C(O)CC(NC(=O)Nc1c(O)ccn(Cc2ccccc2Cl)c1=O)c1cccc(C(F)(F)F)c1. The molecule has 1 atom stereocenters. The lowest BCUT2D eigenvalue weighted by atomic mass is 10.0. The summed E-state index contributed by atoms with van der Waals surface area (Å²) in [6, 6.07) is 9.31. The molecule has 0 aliphatic rings. The number of anilines is 1. The van der Waals surface area contributed by atoms with Crippen LogP contribution >= 0.6 is 11.6 Å². The van der Waals surface area contributed by atoms with Crippen molar-refractivity contribution in [3.63, 3.8) is 0 Å². The molecule has 0 spiro atoms. The summed E-state index contributed by atoms with van der Waals surface area (Å²) in [7, 11) is 0. The highest BCUT2D eigenvalue weighted by Crippen LogP contribution is 2.31. The molecule has 0 saturated heterocycles. The van der Waals surface area contributed by atoms with Crippen molar-refractivity contribution in [2.24, 2.45) is 0 Å². The average molecular weight is 510 g/mol. The number of aromatic nitrogens is 1. The molecule has 1 aromatic heterocycles. The van der Waals surface area contributed by atoms with Crippen LogP contribution in [-0.2, 0) is 17.5 Å². The number of carbonyl (C=O) groups is 2. The molecule has 0 aliphatic heterocycles. The molecule has 2 amide bonds. The topological polar surface area (TPSA) is 121 Å². The fourth-order valence-electron chi connectivity index (χ4n) is 3.28. The highest BCUT2D eigenvalue weighted by Gasteiger charge is 2.31. The van der Waals surface area contributed by atoms with E-state index in [1.54, 1.807) is 24.3 Å². The molecule has 0 bridgehead atoms. The van der Waals surface area contributed by atoms with Crippen molar-refractivity contribution in [2.75, 3.05) is 5.32 Å². The van der Waals surface area contributed by atoms with Gasteiger partial charge in [0.2, 0.25) is 0 Å². The number of benzene rings is 2. The van der Waals surface area contributed by atoms with Crippen LogP contribution < -0.4 is 16.2 Å². The molecule has 1 heterocycles. The van der Waals surface area contributed by atoms with Crippen molar-refractivity contribution < 1.29 is 33.0 Å². The first-order chi connectivity index (χ1) is 16.5. The Morgan fingerprint density at radius 2 is 1.80 bits per heavy atom. The summed E-state index contributed by atoms with van der Waals surface area (Å²) in [6.45, 7) is 0.0287. The van der Waals surface area contributed by atoms with Crippen LogP contribution in [0.4, 0.5) is 23.7 Å². The zero-order valence-corrected chi connectivity index (χ0v) is 18.6. The number of urea groups is 1. The van der Waals surface area contributed by atoms with Crippen molar-refractivity contribution >= 4 is 29.3 Å². The van der Waals surface area contributed by atoms with Crippen LogP contribution in [0, 0.1) is 0 Å². The zero-order chi connectivity index (χ0) is 25.8. The van der Waals surface area contributed by atoms with Gasteiger partial charge in [-0.2, -0.15) is 13.2 Å². The molecular formula is C23H19ClF3N3O5. The van der Waals surface area contributed by atoms with Gasteiger partial charge in [0.1, 0.15) is 5.75 Å². The molecule has 3 aromatic rings. The number of amides is 2. The first-order valence-electron chi connectivity index (χ1n) is 10.1. The molecule has 35 heavy (non-hydrogen) atoms. The number of nitrogens with zero attached hydrogens (tertiary/aromatic N) is 1. The summed E-state index contributed by atoms with van der Waals surface area (Å²) in [5.41, 5.74) is -1.81. The van der Waals surface area contributed by atoms with E-state index in [2.05, 4.69) is 10.6 Å². The first kappa shape index (κ1) is 25.6. The molecule has 0 fully saturated rings. The normalized spacial score (nSPS) is 12.1. The number of halogens is 4. The monoisotopic (exact) mass is 509 g/mol. The Balaban J connectivity index is 1.84.